The molecule has 0 radical (unpaired) electrons. The Bertz CT molecular complexity index is 695. The zero-order chi connectivity index (χ0) is 19.8. The van der Waals surface area contributed by atoms with E-state index in [9.17, 15) is 8.42 Å². The van der Waals surface area contributed by atoms with Gasteiger partial charge in [-0.05, 0) is 42.4 Å². The summed E-state index contributed by atoms with van der Waals surface area (Å²) in [5, 5.41) is 0. The van der Waals surface area contributed by atoms with Crippen molar-refractivity contribution in [2.45, 2.75) is 53.1 Å². The number of ether oxygens (including phenoxy) is 2. The number of rotatable bonds is 10. The summed E-state index contributed by atoms with van der Waals surface area (Å²) >= 11 is 0. The number of hydrogen-bond acceptors (Lipinski definition) is 4. The summed E-state index contributed by atoms with van der Waals surface area (Å²) in [6.07, 6.45) is 5.53. The minimum Gasteiger partial charge on any atom is -0.478 e. The summed E-state index contributed by atoms with van der Waals surface area (Å²) in [5.41, 5.74) is 1.02. The zero-order valence-electron chi connectivity index (χ0n) is 16.6. The fourth-order valence-corrected chi connectivity index (χ4v) is 4.13. The van der Waals surface area contributed by atoms with E-state index < -0.39 is 9.84 Å². The zero-order valence-corrected chi connectivity index (χ0v) is 17.4. The molecular formula is C21H32O4S. The summed E-state index contributed by atoms with van der Waals surface area (Å²) in [5.74, 6) is 3.32. The second-order valence-corrected chi connectivity index (χ2v) is 10.2. The van der Waals surface area contributed by atoms with Crippen molar-refractivity contribution in [3.8, 4) is 18.1 Å². The van der Waals surface area contributed by atoms with Crippen LogP contribution in [0.15, 0.2) is 24.3 Å². The Morgan fingerprint density at radius 1 is 1.23 bits per heavy atom. The van der Waals surface area contributed by atoms with Crippen LogP contribution in [-0.2, 0) is 14.6 Å². The summed E-state index contributed by atoms with van der Waals surface area (Å²) in [6, 6.07) is 7.46. The van der Waals surface area contributed by atoms with Gasteiger partial charge in [0.1, 0.15) is 5.75 Å². The number of hydrogen-bond donors (Lipinski definition) is 0. The second kappa shape index (κ2) is 9.99. The van der Waals surface area contributed by atoms with Crippen LogP contribution in [0.5, 0.6) is 5.75 Å². The molecule has 146 valence electrons. The van der Waals surface area contributed by atoms with Crippen LogP contribution < -0.4 is 4.74 Å². The van der Waals surface area contributed by atoms with E-state index in [1.54, 1.807) is 6.92 Å². The molecule has 0 aliphatic rings. The van der Waals surface area contributed by atoms with E-state index in [4.69, 9.17) is 15.9 Å². The average Bonchev–Trinajstić information content (AvgIpc) is 2.53. The molecule has 0 aliphatic carbocycles. The molecule has 0 unspecified atom stereocenters. The lowest BCUT2D eigenvalue weighted by molar-refractivity contribution is 0.0720. The fraction of sp³-hybridized carbons (Fsp3) is 0.619. The van der Waals surface area contributed by atoms with Gasteiger partial charge in [-0.2, -0.15) is 0 Å². The largest absolute Gasteiger partial charge is 0.478 e. The van der Waals surface area contributed by atoms with Crippen molar-refractivity contribution in [1.82, 2.24) is 0 Å². The number of terminal acetylenes is 1. The predicted molar refractivity (Wildman–Crippen MR) is 107 cm³/mol. The Hall–Kier alpha value is -1.51. The molecular weight excluding hydrogens is 348 g/mol. The average molecular weight is 381 g/mol. The van der Waals surface area contributed by atoms with Crippen LogP contribution in [0.25, 0.3) is 0 Å². The fourth-order valence-electron chi connectivity index (χ4n) is 2.45. The van der Waals surface area contributed by atoms with Crippen LogP contribution in [0.4, 0.5) is 0 Å². The van der Waals surface area contributed by atoms with Crippen molar-refractivity contribution >= 4 is 9.84 Å². The first-order valence-electron chi connectivity index (χ1n) is 9.03. The van der Waals surface area contributed by atoms with E-state index in [1.165, 1.54) is 0 Å². The number of sulfone groups is 1. The van der Waals surface area contributed by atoms with E-state index in [2.05, 4.69) is 26.7 Å². The summed E-state index contributed by atoms with van der Waals surface area (Å²) in [4.78, 5) is 0. The van der Waals surface area contributed by atoms with Crippen LogP contribution in [0.2, 0.25) is 0 Å². The first-order valence-corrected chi connectivity index (χ1v) is 10.9. The quantitative estimate of drug-likeness (QED) is 0.454. The molecule has 0 aliphatic heterocycles. The van der Waals surface area contributed by atoms with Gasteiger partial charge in [0.25, 0.3) is 0 Å². The second-order valence-electron chi connectivity index (χ2n) is 7.98. The van der Waals surface area contributed by atoms with Crippen LogP contribution in [0.1, 0.15) is 52.5 Å². The van der Waals surface area contributed by atoms with Gasteiger partial charge in [-0.3, -0.25) is 0 Å². The molecule has 5 heteroatoms. The van der Waals surface area contributed by atoms with Gasteiger partial charge in [-0.25, -0.2) is 8.42 Å². The van der Waals surface area contributed by atoms with Crippen molar-refractivity contribution in [2.75, 3.05) is 24.7 Å². The lowest BCUT2D eigenvalue weighted by Crippen LogP contribution is -2.19. The van der Waals surface area contributed by atoms with E-state index in [0.29, 0.717) is 25.4 Å². The maximum Gasteiger partial charge on any atom is 0.156 e. The predicted octanol–water partition coefficient (Wildman–Crippen LogP) is 4.06. The lowest BCUT2D eigenvalue weighted by atomic mass is 9.99. The molecule has 0 heterocycles. The molecule has 1 rings (SSSR count). The standard InChI is InChI=1S/C21H32O4S/c1-7-18(3)25-20-11-8-10-19(14-20)17(2)15-26(22,23)13-9-12-24-16-21(4,5)6/h1,8,10-11,14,17-18H,9,12-13,15-16H2,2-6H3/t17-,18+/m0/s1. The van der Waals surface area contributed by atoms with E-state index >= 15 is 0 Å². The lowest BCUT2D eigenvalue weighted by Gasteiger charge is -2.18. The molecule has 0 saturated carbocycles. The van der Waals surface area contributed by atoms with Crippen molar-refractivity contribution in [2.24, 2.45) is 5.41 Å². The molecule has 2 atom stereocenters. The van der Waals surface area contributed by atoms with Crippen molar-refractivity contribution in [3.05, 3.63) is 29.8 Å². The highest BCUT2D eigenvalue weighted by Gasteiger charge is 2.18. The summed E-state index contributed by atoms with van der Waals surface area (Å²) < 4.78 is 35.9. The molecule has 0 fully saturated rings. The summed E-state index contributed by atoms with van der Waals surface area (Å²) in [6.45, 7) is 11.1. The minimum absolute atomic E-state index is 0.0946. The van der Waals surface area contributed by atoms with Gasteiger partial charge in [-0.15, -0.1) is 6.42 Å². The molecule has 0 saturated heterocycles. The van der Waals surface area contributed by atoms with Crippen LogP contribution in [-0.4, -0.2) is 39.2 Å². The third kappa shape index (κ3) is 9.26. The highest BCUT2D eigenvalue weighted by molar-refractivity contribution is 7.91. The molecule has 0 N–H and O–H groups in total. The van der Waals surface area contributed by atoms with Crippen LogP contribution >= 0.6 is 0 Å². The first-order chi connectivity index (χ1) is 12.0. The molecule has 1 aromatic rings. The Labute approximate surface area is 159 Å². The maximum atomic E-state index is 12.4. The number of benzene rings is 1. The van der Waals surface area contributed by atoms with Crippen LogP contribution in [0, 0.1) is 17.8 Å². The SMILES string of the molecule is C#C[C@@H](C)Oc1cccc([C@@H](C)CS(=O)(=O)CCCOCC(C)(C)C)c1. The molecule has 0 spiro atoms. The third-order valence-electron chi connectivity index (χ3n) is 3.76. The molecule has 0 bridgehead atoms. The van der Waals surface area contributed by atoms with Crippen LogP contribution in [0.3, 0.4) is 0 Å². The highest BCUT2D eigenvalue weighted by atomic mass is 32.2. The highest BCUT2D eigenvalue weighted by Crippen LogP contribution is 2.23. The van der Waals surface area contributed by atoms with Crippen molar-refractivity contribution in [3.63, 3.8) is 0 Å². The van der Waals surface area contributed by atoms with E-state index in [0.717, 1.165) is 5.56 Å². The molecule has 4 nitrogen and oxygen atoms in total. The Morgan fingerprint density at radius 3 is 2.54 bits per heavy atom. The molecule has 0 aromatic heterocycles. The smallest absolute Gasteiger partial charge is 0.156 e. The topological polar surface area (TPSA) is 52.6 Å². The monoisotopic (exact) mass is 380 g/mol. The van der Waals surface area contributed by atoms with Gasteiger partial charge < -0.3 is 9.47 Å². The van der Waals surface area contributed by atoms with Gasteiger partial charge in [0.2, 0.25) is 0 Å². The first kappa shape index (κ1) is 22.5. The van der Waals surface area contributed by atoms with Gasteiger partial charge in [0.05, 0.1) is 18.1 Å². The molecule has 1 aromatic carbocycles. The normalized spacial score (nSPS) is 14.5. The minimum atomic E-state index is -3.14. The van der Waals surface area contributed by atoms with Crippen molar-refractivity contribution < 1.29 is 17.9 Å². The maximum absolute atomic E-state index is 12.4. The Morgan fingerprint density at radius 2 is 1.92 bits per heavy atom. The third-order valence-corrected chi connectivity index (χ3v) is 5.68. The Kier molecular flexibility index (Phi) is 8.66. The van der Waals surface area contributed by atoms with Gasteiger partial charge >= 0.3 is 0 Å². The van der Waals surface area contributed by atoms with Crippen molar-refractivity contribution in [1.29, 1.82) is 0 Å². The molecule has 26 heavy (non-hydrogen) atoms. The van der Waals surface area contributed by atoms with E-state index in [-0.39, 0.29) is 28.9 Å². The summed E-state index contributed by atoms with van der Waals surface area (Å²) in [7, 11) is -3.14. The molecule has 0 amide bonds. The van der Waals surface area contributed by atoms with Gasteiger partial charge in [0.15, 0.2) is 15.9 Å². The van der Waals surface area contributed by atoms with Gasteiger partial charge in [-0.1, -0.05) is 45.7 Å². The van der Waals surface area contributed by atoms with Gasteiger partial charge in [0, 0.05) is 6.61 Å². The Balaban J connectivity index is 2.53. The van der Waals surface area contributed by atoms with E-state index in [1.807, 2.05) is 31.2 Å².